The first-order valence-corrected chi connectivity index (χ1v) is 11.4. The molecule has 0 amide bonds. The first kappa shape index (κ1) is 21.3. The van der Waals surface area contributed by atoms with Gasteiger partial charge in [0.2, 0.25) is 0 Å². The van der Waals surface area contributed by atoms with Crippen molar-refractivity contribution in [2.45, 2.75) is 84.0 Å². The molecule has 0 bridgehead atoms. The molecule has 0 aromatic heterocycles. The highest BCUT2D eigenvalue weighted by molar-refractivity contribution is 8.13. The molecule has 0 heterocycles. The van der Waals surface area contributed by atoms with Crippen LogP contribution in [-0.2, 0) is 4.79 Å². The Morgan fingerprint density at radius 3 is 2.38 bits per heavy atom. The van der Waals surface area contributed by atoms with E-state index in [1.165, 1.54) is 63.1 Å². The van der Waals surface area contributed by atoms with Gasteiger partial charge in [-0.05, 0) is 54.5 Å². The molecule has 0 atom stereocenters. The third-order valence-electron chi connectivity index (χ3n) is 6.01. The molecule has 3 heteroatoms. The maximum Gasteiger partial charge on any atom is 0.196 e. The first-order chi connectivity index (χ1) is 12.5. The molecule has 26 heavy (non-hydrogen) atoms. The van der Waals surface area contributed by atoms with E-state index in [0.29, 0.717) is 5.41 Å². The molecule has 1 aliphatic carbocycles. The van der Waals surface area contributed by atoms with Crippen LogP contribution in [0, 0.1) is 17.3 Å². The third kappa shape index (κ3) is 6.04. The zero-order valence-corrected chi connectivity index (χ0v) is 18.0. The number of rotatable bonds is 9. The van der Waals surface area contributed by atoms with Gasteiger partial charge in [0.15, 0.2) is 5.12 Å². The maximum atomic E-state index is 12.2. The lowest BCUT2D eigenvalue weighted by atomic mass is 9.68. The lowest BCUT2D eigenvalue weighted by Crippen LogP contribution is -2.34. The number of thioether (sulfide) groups is 1. The Balaban J connectivity index is 2.09. The number of benzene rings is 1. The van der Waals surface area contributed by atoms with Gasteiger partial charge in [0.1, 0.15) is 0 Å². The zero-order valence-electron chi connectivity index (χ0n) is 17.1. The normalized spacial score (nSPS) is 16.8. The van der Waals surface area contributed by atoms with Crippen molar-refractivity contribution >= 4 is 22.6 Å². The van der Waals surface area contributed by atoms with Crippen LogP contribution in [0.3, 0.4) is 0 Å². The summed E-state index contributed by atoms with van der Waals surface area (Å²) in [6.45, 7) is 9.65. The van der Waals surface area contributed by atoms with Crippen LogP contribution in [0.5, 0.6) is 0 Å². The van der Waals surface area contributed by atoms with Gasteiger partial charge in [-0.1, -0.05) is 71.9 Å². The van der Waals surface area contributed by atoms with E-state index in [0.717, 1.165) is 23.0 Å². The van der Waals surface area contributed by atoms with Gasteiger partial charge in [-0.2, -0.15) is 0 Å². The molecule has 2 nitrogen and oxygen atoms in total. The molecule has 1 fully saturated rings. The van der Waals surface area contributed by atoms with E-state index in [9.17, 15) is 4.79 Å². The van der Waals surface area contributed by atoms with Crippen molar-refractivity contribution in [2.24, 2.45) is 17.3 Å². The second-order valence-electron chi connectivity index (χ2n) is 8.37. The van der Waals surface area contributed by atoms with Crippen LogP contribution < -0.4 is 5.32 Å². The van der Waals surface area contributed by atoms with Crippen LogP contribution in [0.25, 0.3) is 0 Å². The van der Waals surface area contributed by atoms with E-state index in [-0.39, 0.29) is 11.0 Å². The van der Waals surface area contributed by atoms with E-state index >= 15 is 0 Å². The Labute approximate surface area is 164 Å². The molecule has 1 N–H and O–H groups in total. The molecule has 1 saturated carbocycles. The van der Waals surface area contributed by atoms with E-state index in [1.54, 1.807) is 0 Å². The molecule has 0 radical (unpaired) electrons. The highest BCUT2D eigenvalue weighted by Gasteiger charge is 2.33. The third-order valence-corrected chi connectivity index (χ3v) is 7.26. The lowest BCUT2D eigenvalue weighted by molar-refractivity contribution is -0.113. The molecule has 1 aromatic carbocycles. The number of anilines is 1. The van der Waals surface area contributed by atoms with Gasteiger partial charge in [-0.3, -0.25) is 4.79 Å². The van der Waals surface area contributed by atoms with Gasteiger partial charge in [-0.15, -0.1) is 0 Å². The molecule has 146 valence electrons. The predicted molar refractivity (Wildman–Crippen MR) is 115 cm³/mol. The Morgan fingerprint density at radius 2 is 1.77 bits per heavy atom. The summed E-state index contributed by atoms with van der Waals surface area (Å²) in [5.41, 5.74) is 1.55. The summed E-state index contributed by atoms with van der Waals surface area (Å²) >= 11 is 1.39. The number of hydrogen-bond donors (Lipinski definition) is 1. The van der Waals surface area contributed by atoms with Crippen molar-refractivity contribution in [1.82, 2.24) is 0 Å². The monoisotopic (exact) mass is 375 g/mol. The number of hydrogen-bond acceptors (Lipinski definition) is 3. The number of carbonyl (C=O) groups excluding carboxylic acids is 1. The molecule has 0 spiro atoms. The molecule has 1 aromatic rings. The van der Waals surface area contributed by atoms with Crippen molar-refractivity contribution in [3.63, 3.8) is 0 Å². The van der Waals surface area contributed by atoms with Gasteiger partial charge < -0.3 is 5.32 Å². The predicted octanol–water partition coefficient (Wildman–Crippen LogP) is 7.15. The van der Waals surface area contributed by atoms with E-state index in [4.69, 9.17) is 0 Å². The highest BCUT2D eigenvalue weighted by atomic mass is 32.2. The molecule has 0 saturated heterocycles. The van der Waals surface area contributed by atoms with Crippen molar-refractivity contribution in [2.75, 3.05) is 11.9 Å². The lowest BCUT2D eigenvalue weighted by Gasteiger charge is -2.40. The second kappa shape index (κ2) is 10.4. The average molecular weight is 376 g/mol. The fraction of sp³-hybridized carbons (Fsp3) is 0.696. The van der Waals surface area contributed by atoms with E-state index in [2.05, 4.69) is 37.4 Å². The Hall–Kier alpha value is -0.960. The topological polar surface area (TPSA) is 29.1 Å². The summed E-state index contributed by atoms with van der Waals surface area (Å²) in [6.07, 6.45) is 10.7. The number of para-hydroxylation sites is 1. The van der Waals surface area contributed by atoms with Crippen LogP contribution in [-0.4, -0.2) is 11.7 Å². The molecule has 0 aliphatic heterocycles. The highest BCUT2D eigenvalue weighted by Crippen LogP contribution is 2.43. The largest absolute Gasteiger partial charge is 0.384 e. The summed E-state index contributed by atoms with van der Waals surface area (Å²) in [7, 11) is 0. The molecular formula is C23H37NOS. The smallest absolute Gasteiger partial charge is 0.196 e. The second-order valence-corrected chi connectivity index (χ2v) is 9.42. The summed E-state index contributed by atoms with van der Waals surface area (Å²) in [6, 6.07) is 8.30. The molecule has 0 unspecified atom stereocenters. The first-order valence-electron chi connectivity index (χ1n) is 10.5. The SMILES string of the molecule is CCC(CC)CC1(CNc2ccccc2SC(=O)C(C)C)CCCCC1. The minimum Gasteiger partial charge on any atom is -0.384 e. The van der Waals surface area contributed by atoms with Crippen molar-refractivity contribution in [3.05, 3.63) is 24.3 Å². The summed E-state index contributed by atoms with van der Waals surface area (Å²) in [4.78, 5) is 13.3. The number of carbonyl (C=O) groups is 1. The van der Waals surface area contributed by atoms with Gasteiger partial charge in [0.05, 0.1) is 0 Å². The quantitative estimate of drug-likeness (QED) is 0.465. The van der Waals surface area contributed by atoms with E-state index in [1.807, 2.05) is 19.9 Å². The van der Waals surface area contributed by atoms with Gasteiger partial charge >= 0.3 is 0 Å². The minimum absolute atomic E-state index is 0.0626. The van der Waals surface area contributed by atoms with Gasteiger partial charge in [0.25, 0.3) is 0 Å². The van der Waals surface area contributed by atoms with E-state index < -0.39 is 0 Å². The molecule has 1 aliphatic rings. The maximum absolute atomic E-state index is 12.2. The average Bonchev–Trinajstić information content (AvgIpc) is 2.66. The zero-order chi connectivity index (χ0) is 19.0. The van der Waals surface area contributed by atoms with Crippen LogP contribution in [0.2, 0.25) is 0 Å². The Morgan fingerprint density at radius 1 is 1.12 bits per heavy atom. The van der Waals surface area contributed by atoms with Crippen molar-refractivity contribution in [1.29, 1.82) is 0 Å². The Bertz CT molecular complexity index is 559. The van der Waals surface area contributed by atoms with Gasteiger partial charge in [-0.25, -0.2) is 0 Å². The summed E-state index contributed by atoms with van der Waals surface area (Å²) in [5.74, 6) is 0.898. The Kier molecular flexibility index (Phi) is 8.53. The van der Waals surface area contributed by atoms with Crippen LogP contribution in [0.1, 0.15) is 79.1 Å². The minimum atomic E-state index is 0.0626. The van der Waals surface area contributed by atoms with Crippen LogP contribution >= 0.6 is 11.8 Å². The fourth-order valence-corrected chi connectivity index (χ4v) is 5.00. The summed E-state index contributed by atoms with van der Waals surface area (Å²) in [5, 5.41) is 3.99. The molecular weight excluding hydrogens is 338 g/mol. The van der Waals surface area contributed by atoms with Crippen molar-refractivity contribution in [3.8, 4) is 0 Å². The van der Waals surface area contributed by atoms with Crippen LogP contribution in [0.15, 0.2) is 29.2 Å². The molecule has 2 rings (SSSR count). The summed E-state index contributed by atoms with van der Waals surface area (Å²) < 4.78 is 0. The standard InChI is InChI=1S/C23H37NOS/c1-5-19(6-2)16-23(14-10-7-11-15-23)17-24-20-12-8-9-13-21(20)26-22(25)18(3)4/h8-9,12-13,18-19,24H,5-7,10-11,14-17H2,1-4H3. The van der Waals surface area contributed by atoms with Crippen LogP contribution in [0.4, 0.5) is 5.69 Å². The number of nitrogens with one attached hydrogen (secondary N) is 1. The van der Waals surface area contributed by atoms with Crippen molar-refractivity contribution < 1.29 is 4.79 Å². The fourth-order valence-electron chi connectivity index (χ4n) is 4.16. The van der Waals surface area contributed by atoms with Gasteiger partial charge in [0, 0.05) is 23.0 Å².